The first-order valence-corrected chi connectivity index (χ1v) is 11.2. The van der Waals surface area contributed by atoms with Gasteiger partial charge < -0.3 is 10.6 Å². The van der Waals surface area contributed by atoms with Crippen molar-refractivity contribution in [3.05, 3.63) is 0 Å². The van der Waals surface area contributed by atoms with E-state index in [1.807, 2.05) is 0 Å². The Morgan fingerprint density at radius 3 is 0.909 bits per heavy atom. The number of carbonyl (C=O) groups is 6. The van der Waals surface area contributed by atoms with E-state index < -0.39 is 12.1 Å². The quantitative estimate of drug-likeness (QED) is 0.451. The summed E-state index contributed by atoms with van der Waals surface area (Å²) in [6.07, 6.45) is 0.183. The third-order valence-electron chi connectivity index (χ3n) is 4.68. The lowest BCUT2D eigenvalue weighted by atomic mass is 9.94. The van der Waals surface area contributed by atoms with Gasteiger partial charge >= 0.3 is 0 Å². The highest BCUT2D eigenvalue weighted by molar-refractivity contribution is 5.95. The molecule has 2 unspecified atom stereocenters. The van der Waals surface area contributed by atoms with Crippen LogP contribution in [-0.2, 0) is 28.8 Å². The van der Waals surface area contributed by atoms with Gasteiger partial charge in [-0.3, -0.25) is 28.8 Å². The highest BCUT2D eigenvalue weighted by Crippen LogP contribution is 2.09. The van der Waals surface area contributed by atoms with E-state index in [4.69, 9.17) is 0 Å². The van der Waals surface area contributed by atoms with Gasteiger partial charge in [0, 0.05) is 50.4 Å². The van der Waals surface area contributed by atoms with Crippen LogP contribution in [0.1, 0.15) is 89.5 Å². The second-order valence-electron chi connectivity index (χ2n) is 9.27. The van der Waals surface area contributed by atoms with E-state index in [0.717, 1.165) is 0 Å². The molecule has 33 heavy (non-hydrogen) atoms. The first-order chi connectivity index (χ1) is 14.5. The molecule has 0 aliphatic heterocycles. The SMILES string of the molecule is C.CC(=O)NC(CC(=O)C(C)C)C(=O)C(C)C.CC(=O)NC(CC(=O)C(C)C)C(=O)C(C)C. The van der Waals surface area contributed by atoms with E-state index in [-0.39, 0.29) is 78.9 Å². The minimum absolute atomic E-state index is 0. The summed E-state index contributed by atoms with van der Waals surface area (Å²) in [6, 6.07) is -1.35. The van der Waals surface area contributed by atoms with E-state index in [1.165, 1.54) is 13.8 Å². The van der Waals surface area contributed by atoms with Gasteiger partial charge in [0.05, 0.1) is 12.1 Å². The zero-order chi connectivity index (χ0) is 25.8. The molecule has 8 heteroatoms. The molecular weight excluding hydrogens is 424 g/mol. The van der Waals surface area contributed by atoms with Gasteiger partial charge in [0.15, 0.2) is 11.6 Å². The molecule has 2 amide bonds. The van der Waals surface area contributed by atoms with Crippen molar-refractivity contribution in [1.82, 2.24) is 10.6 Å². The van der Waals surface area contributed by atoms with Crippen LogP contribution in [0.15, 0.2) is 0 Å². The van der Waals surface area contributed by atoms with E-state index in [9.17, 15) is 28.8 Å². The van der Waals surface area contributed by atoms with Gasteiger partial charge in [-0.1, -0.05) is 62.8 Å². The van der Waals surface area contributed by atoms with Crippen molar-refractivity contribution in [2.45, 2.75) is 102 Å². The monoisotopic (exact) mass is 470 g/mol. The summed E-state index contributed by atoms with van der Waals surface area (Å²) < 4.78 is 0. The number of rotatable bonds is 12. The molecule has 2 N–H and O–H groups in total. The Morgan fingerprint density at radius 2 is 0.758 bits per heavy atom. The average molecular weight is 471 g/mol. The fraction of sp³-hybridized carbons (Fsp3) is 0.760. The van der Waals surface area contributed by atoms with Crippen molar-refractivity contribution in [3.8, 4) is 0 Å². The lowest BCUT2D eigenvalue weighted by Gasteiger charge is -2.18. The molecule has 0 aliphatic carbocycles. The molecule has 0 aromatic heterocycles. The Labute approximate surface area is 200 Å². The molecule has 0 fully saturated rings. The lowest BCUT2D eigenvalue weighted by Crippen LogP contribution is -2.43. The van der Waals surface area contributed by atoms with Gasteiger partial charge in [-0.05, 0) is 0 Å². The third-order valence-corrected chi connectivity index (χ3v) is 4.68. The number of carbonyl (C=O) groups excluding carboxylic acids is 6. The summed E-state index contributed by atoms with van der Waals surface area (Å²) in [7, 11) is 0. The van der Waals surface area contributed by atoms with Gasteiger partial charge in [0.1, 0.15) is 11.6 Å². The number of hydrogen-bond acceptors (Lipinski definition) is 6. The first kappa shape index (κ1) is 35.2. The van der Waals surface area contributed by atoms with Crippen LogP contribution in [0.4, 0.5) is 0 Å². The van der Waals surface area contributed by atoms with Crippen LogP contribution in [0.3, 0.4) is 0 Å². The van der Waals surface area contributed by atoms with Crippen LogP contribution in [0, 0.1) is 23.7 Å². The number of ketones is 4. The van der Waals surface area contributed by atoms with Gasteiger partial charge in [0.2, 0.25) is 11.8 Å². The molecule has 0 aromatic rings. The van der Waals surface area contributed by atoms with E-state index in [0.29, 0.717) is 0 Å². The highest BCUT2D eigenvalue weighted by atomic mass is 16.2. The molecule has 8 nitrogen and oxygen atoms in total. The van der Waals surface area contributed by atoms with Crippen LogP contribution in [0.2, 0.25) is 0 Å². The molecule has 0 aliphatic rings. The number of nitrogens with one attached hydrogen (secondary N) is 2. The molecule has 0 rings (SSSR count). The van der Waals surface area contributed by atoms with Crippen LogP contribution in [-0.4, -0.2) is 47.0 Å². The highest BCUT2D eigenvalue weighted by Gasteiger charge is 2.26. The molecule has 0 bridgehead atoms. The van der Waals surface area contributed by atoms with Crippen molar-refractivity contribution in [2.75, 3.05) is 0 Å². The van der Waals surface area contributed by atoms with Crippen molar-refractivity contribution in [3.63, 3.8) is 0 Å². The normalized spacial score (nSPS) is 12.3. The Bertz CT molecular complexity index is 622. The zero-order valence-corrected chi connectivity index (χ0v) is 21.3. The maximum absolute atomic E-state index is 11.8. The molecule has 0 heterocycles. The summed E-state index contributed by atoms with van der Waals surface area (Å²) in [4.78, 5) is 68.6. The first-order valence-electron chi connectivity index (χ1n) is 11.2. The number of amides is 2. The minimum Gasteiger partial charge on any atom is -0.346 e. The number of hydrogen-bond donors (Lipinski definition) is 2. The molecule has 0 radical (unpaired) electrons. The van der Waals surface area contributed by atoms with Crippen molar-refractivity contribution in [2.24, 2.45) is 23.7 Å². The van der Waals surface area contributed by atoms with Gasteiger partial charge in [0.25, 0.3) is 0 Å². The molecule has 0 aromatic carbocycles. The average Bonchev–Trinajstić information content (AvgIpc) is 2.64. The van der Waals surface area contributed by atoms with Crippen molar-refractivity contribution >= 4 is 34.9 Å². The molecule has 0 saturated carbocycles. The third kappa shape index (κ3) is 16.0. The van der Waals surface area contributed by atoms with Gasteiger partial charge in [-0.2, -0.15) is 0 Å². The summed E-state index contributed by atoms with van der Waals surface area (Å²) >= 11 is 0. The Balaban J connectivity index is -0.000000529. The summed E-state index contributed by atoms with van der Waals surface area (Å²) in [6.45, 7) is 16.9. The summed E-state index contributed by atoms with van der Waals surface area (Å²) in [5.41, 5.74) is 0. The zero-order valence-electron chi connectivity index (χ0n) is 21.3. The second kappa shape index (κ2) is 17.1. The van der Waals surface area contributed by atoms with E-state index in [2.05, 4.69) is 10.6 Å². The van der Waals surface area contributed by atoms with Crippen molar-refractivity contribution < 1.29 is 28.8 Å². The summed E-state index contributed by atoms with van der Waals surface area (Å²) in [5, 5.41) is 5.07. The standard InChI is InChI=1S/2C12H21NO3.CH4/c2*1-7(2)11(15)6-10(13-9(5)14)12(16)8(3)4;/h2*7-8,10H,6H2,1-5H3,(H,13,14);1H4. The maximum Gasteiger partial charge on any atom is 0.217 e. The molecule has 2 atom stereocenters. The Hall–Kier alpha value is -2.38. The summed E-state index contributed by atoms with van der Waals surface area (Å²) in [5.74, 6) is -1.36. The number of Topliss-reactive ketones (excluding diaryl/α,β-unsaturated/α-hetero) is 4. The fourth-order valence-corrected chi connectivity index (χ4v) is 2.61. The molecule has 192 valence electrons. The predicted molar refractivity (Wildman–Crippen MR) is 131 cm³/mol. The maximum atomic E-state index is 11.8. The van der Waals surface area contributed by atoms with E-state index in [1.54, 1.807) is 55.4 Å². The fourth-order valence-electron chi connectivity index (χ4n) is 2.61. The largest absolute Gasteiger partial charge is 0.346 e. The van der Waals surface area contributed by atoms with Crippen LogP contribution in [0.25, 0.3) is 0 Å². The Kier molecular flexibility index (Phi) is 18.3. The molecular formula is C25H46N2O6. The van der Waals surface area contributed by atoms with Gasteiger partial charge in [-0.15, -0.1) is 0 Å². The molecule has 0 saturated heterocycles. The smallest absolute Gasteiger partial charge is 0.217 e. The van der Waals surface area contributed by atoms with Crippen LogP contribution >= 0.6 is 0 Å². The lowest BCUT2D eigenvalue weighted by molar-refractivity contribution is -0.132. The van der Waals surface area contributed by atoms with Crippen LogP contribution in [0.5, 0.6) is 0 Å². The Morgan fingerprint density at radius 1 is 0.515 bits per heavy atom. The van der Waals surface area contributed by atoms with E-state index >= 15 is 0 Å². The second-order valence-corrected chi connectivity index (χ2v) is 9.27. The van der Waals surface area contributed by atoms with Gasteiger partial charge in [-0.25, -0.2) is 0 Å². The van der Waals surface area contributed by atoms with Crippen molar-refractivity contribution in [1.29, 1.82) is 0 Å². The van der Waals surface area contributed by atoms with Crippen LogP contribution < -0.4 is 10.6 Å². The topological polar surface area (TPSA) is 126 Å². The predicted octanol–water partition coefficient (Wildman–Crippen LogP) is 3.30. The minimum atomic E-state index is -0.674. The molecule has 0 spiro atoms.